The first-order valence-electron chi connectivity index (χ1n) is 8.09. The summed E-state index contributed by atoms with van der Waals surface area (Å²) in [5, 5.41) is 7.84. The van der Waals surface area contributed by atoms with Crippen LogP contribution >= 0.6 is 23.8 Å². The van der Waals surface area contributed by atoms with E-state index in [4.69, 9.17) is 33.3 Å². The summed E-state index contributed by atoms with van der Waals surface area (Å²) in [7, 11) is 3.27. The fraction of sp³-hybridized carbons (Fsp3) is 0.316. The van der Waals surface area contributed by atoms with Crippen molar-refractivity contribution in [1.29, 1.82) is 0 Å². The van der Waals surface area contributed by atoms with Crippen LogP contribution in [-0.4, -0.2) is 32.4 Å². The molecule has 2 aromatic carbocycles. The number of benzene rings is 2. The fourth-order valence-corrected chi connectivity index (χ4v) is 2.85. The summed E-state index contributed by atoms with van der Waals surface area (Å²) < 4.78 is 10.6. The summed E-state index contributed by atoms with van der Waals surface area (Å²) in [4.78, 5) is 0. The van der Waals surface area contributed by atoms with Gasteiger partial charge in [0.2, 0.25) is 0 Å². The van der Waals surface area contributed by atoms with E-state index in [9.17, 15) is 0 Å². The molecule has 0 fully saturated rings. The van der Waals surface area contributed by atoms with Crippen molar-refractivity contribution < 1.29 is 9.47 Å². The molecule has 134 valence electrons. The second kappa shape index (κ2) is 10.1. The van der Waals surface area contributed by atoms with Gasteiger partial charge in [-0.05, 0) is 60.5 Å². The smallest absolute Gasteiger partial charge is 0.166 e. The Morgan fingerprint density at radius 2 is 1.56 bits per heavy atom. The largest absolute Gasteiger partial charge is 0.493 e. The minimum absolute atomic E-state index is 0.655. The third-order valence-electron chi connectivity index (χ3n) is 3.74. The Hall–Kier alpha value is -1.98. The molecule has 0 unspecified atom stereocenters. The van der Waals surface area contributed by atoms with Crippen LogP contribution in [0.4, 0.5) is 0 Å². The van der Waals surface area contributed by atoms with Gasteiger partial charge in [0.25, 0.3) is 0 Å². The third kappa shape index (κ3) is 6.44. The van der Waals surface area contributed by atoms with Crippen LogP contribution in [0.2, 0.25) is 5.02 Å². The van der Waals surface area contributed by atoms with Crippen molar-refractivity contribution in [1.82, 2.24) is 10.6 Å². The van der Waals surface area contributed by atoms with Crippen LogP contribution in [0.3, 0.4) is 0 Å². The molecule has 0 aliphatic rings. The van der Waals surface area contributed by atoms with Crippen LogP contribution in [0.1, 0.15) is 11.1 Å². The zero-order chi connectivity index (χ0) is 18.1. The quantitative estimate of drug-likeness (QED) is 0.687. The first kappa shape index (κ1) is 19.3. The molecule has 25 heavy (non-hydrogen) atoms. The van der Waals surface area contributed by atoms with Gasteiger partial charge in [-0.25, -0.2) is 0 Å². The van der Waals surface area contributed by atoms with Gasteiger partial charge in [0, 0.05) is 18.1 Å². The van der Waals surface area contributed by atoms with E-state index in [0.717, 1.165) is 48.0 Å². The molecule has 0 aliphatic carbocycles. The van der Waals surface area contributed by atoms with Crippen LogP contribution in [0.15, 0.2) is 42.5 Å². The molecular weight excluding hydrogens is 356 g/mol. The predicted molar refractivity (Wildman–Crippen MR) is 107 cm³/mol. The molecule has 0 heterocycles. The van der Waals surface area contributed by atoms with Crippen molar-refractivity contribution in [2.45, 2.75) is 12.8 Å². The van der Waals surface area contributed by atoms with Gasteiger partial charge in [-0.3, -0.25) is 0 Å². The molecule has 2 N–H and O–H groups in total. The van der Waals surface area contributed by atoms with Crippen LogP contribution in [0, 0.1) is 0 Å². The van der Waals surface area contributed by atoms with Crippen LogP contribution in [0.25, 0.3) is 0 Å². The summed E-state index contributed by atoms with van der Waals surface area (Å²) in [6.45, 7) is 1.51. The SMILES string of the molecule is COc1ccc(CCNC(=S)NCCc2cccc(Cl)c2)cc1OC. The van der Waals surface area contributed by atoms with Crippen molar-refractivity contribution in [3.63, 3.8) is 0 Å². The Balaban J connectivity index is 1.70. The number of thiocarbonyl (C=S) groups is 1. The fourth-order valence-electron chi connectivity index (χ4n) is 2.43. The highest BCUT2D eigenvalue weighted by Gasteiger charge is 2.04. The van der Waals surface area contributed by atoms with Gasteiger partial charge < -0.3 is 20.1 Å². The molecular formula is C19H23ClN2O2S. The van der Waals surface area contributed by atoms with Crippen LogP contribution in [0.5, 0.6) is 11.5 Å². The Bertz CT molecular complexity index is 710. The molecule has 0 aliphatic heterocycles. The van der Waals surface area contributed by atoms with E-state index in [1.807, 2.05) is 36.4 Å². The Kier molecular flexibility index (Phi) is 7.82. The summed E-state index contributed by atoms with van der Waals surface area (Å²) >= 11 is 11.3. The topological polar surface area (TPSA) is 42.5 Å². The first-order chi connectivity index (χ1) is 12.1. The summed E-state index contributed by atoms with van der Waals surface area (Å²) in [6.07, 6.45) is 1.72. The normalized spacial score (nSPS) is 10.2. The average Bonchev–Trinajstić information content (AvgIpc) is 2.61. The zero-order valence-corrected chi connectivity index (χ0v) is 16.0. The summed E-state index contributed by atoms with van der Waals surface area (Å²) in [5.74, 6) is 1.47. The molecule has 0 saturated carbocycles. The highest BCUT2D eigenvalue weighted by molar-refractivity contribution is 7.80. The van der Waals surface area contributed by atoms with Gasteiger partial charge in [-0.2, -0.15) is 0 Å². The Labute approximate surface area is 159 Å². The number of nitrogens with one attached hydrogen (secondary N) is 2. The molecule has 0 radical (unpaired) electrons. The molecule has 2 rings (SSSR count). The minimum Gasteiger partial charge on any atom is -0.493 e. The number of rotatable bonds is 8. The van der Waals surface area contributed by atoms with Crippen LogP contribution in [-0.2, 0) is 12.8 Å². The Morgan fingerprint density at radius 3 is 2.16 bits per heavy atom. The predicted octanol–water partition coefficient (Wildman–Crippen LogP) is 3.61. The minimum atomic E-state index is 0.655. The number of hydrogen-bond acceptors (Lipinski definition) is 3. The van der Waals surface area contributed by atoms with Crippen molar-refractivity contribution in [2.75, 3.05) is 27.3 Å². The molecule has 0 atom stereocenters. The van der Waals surface area contributed by atoms with Gasteiger partial charge in [-0.1, -0.05) is 29.8 Å². The zero-order valence-electron chi connectivity index (χ0n) is 14.5. The van der Waals surface area contributed by atoms with E-state index in [0.29, 0.717) is 5.11 Å². The Morgan fingerprint density at radius 1 is 0.920 bits per heavy atom. The van der Waals surface area contributed by atoms with E-state index >= 15 is 0 Å². The molecule has 0 spiro atoms. The van der Waals surface area contributed by atoms with Crippen molar-refractivity contribution in [3.05, 3.63) is 58.6 Å². The van der Waals surface area contributed by atoms with Crippen molar-refractivity contribution in [2.24, 2.45) is 0 Å². The lowest BCUT2D eigenvalue weighted by Gasteiger charge is -2.12. The van der Waals surface area contributed by atoms with Gasteiger partial charge in [0.15, 0.2) is 16.6 Å². The second-order valence-electron chi connectivity index (χ2n) is 5.50. The summed E-state index contributed by atoms with van der Waals surface area (Å²) in [5.41, 5.74) is 2.35. The lowest BCUT2D eigenvalue weighted by molar-refractivity contribution is 0.354. The molecule has 0 saturated heterocycles. The third-order valence-corrected chi connectivity index (χ3v) is 4.26. The number of ether oxygens (including phenoxy) is 2. The lowest BCUT2D eigenvalue weighted by atomic mass is 10.1. The maximum atomic E-state index is 5.98. The monoisotopic (exact) mass is 378 g/mol. The summed E-state index contributed by atoms with van der Waals surface area (Å²) in [6, 6.07) is 13.8. The number of methoxy groups -OCH3 is 2. The van der Waals surface area contributed by atoms with Crippen LogP contribution < -0.4 is 20.1 Å². The maximum Gasteiger partial charge on any atom is 0.166 e. The van der Waals surface area contributed by atoms with Crippen molar-refractivity contribution in [3.8, 4) is 11.5 Å². The highest BCUT2D eigenvalue weighted by Crippen LogP contribution is 2.27. The van der Waals surface area contributed by atoms with Gasteiger partial charge in [0.05, 0.1) is 14.2 Å². The number of hydrogen-bond donors (Lipinski definition) is 2. The molecule has 4 nitrogen and oxygen atoms in total. The molecule has 6 heteroatoms. The number of halogens is 1. The average molecular weight is 379 g/mol. The van der Waals surface area contributed by atoms with E-state index in [1.54, 1.807) is 14.2 Å². The van der Waals surface area contributed by atoms with E-state index < -0.39 is 0 Å². The van der Waals surface area contributed by atoms with Crippen molar-refractivity contribution >= 4 is 28.9 Å². The van der Waals surface area contributed by atoms with E-state index in [1.165, 1.54) is 5.56 Å². The molecule has 0 aromatic heterocycles. The van der Waals surface area contributed by atoms with Gasteiger partial charge in [-0.15, -0.1) is 0 Å². The first-order valence-corrected chi connectivity index (χ1v) is 8.88. The van der Waals surface area contributed by atoms with E-state index in [-0.39, 0.29) is 0 Å². The highest BCUT2D eigenvalue weighted by atomic mass is 35.5. The maximum absolute atomic E-state index is 5.98. The van der Waals surface area contributed by atoms with Gasteiger partial charge >= 0.3 is 0 Å². The molecule has 0 bridgehead atoms. The standard InChI is InChI=1S/C19H23ClN2O2S/c1-23-17-7-6-15(13-18(17)24-2)9-11-22-19(25)21-10-8-14-4-3-5-16(20)12-14/h3-7,12-13H,8-11H2,1-2H3,(H2,21,22,25). The molecule has 2 aromatic rings. The second-order valence-corrected chi connectivity index (χ2v) is 6.35. The lowest BCUT2D eigenvalue weighted by Crippen LogP contribution is -2.37. The van der Waals surface area contributed by atoms with Gasteiger partial charge in [0.1, 0.15) is 0 Å². The van der Waals surface area contributed by atoms with E-state index in [2.05, 4.69) is 16.7 Å². The molecule has 0 amide bonds.